The monoisotopic (exact) mass is 990 g/mol. The molecule has 4 N–H and O–H groups in total. The molecule has 71 heavy (non-hydrogen) atoms. The summed E-state index contributed by atoms with van der Waals surface area (Å²) in [7, 11) is 0. The highest BCUT2D eigenvalue weighted by atomic mass is 19.1. The first-order chi connectivity index (χ1) is 33.3. The largest absolute Gasteiger partial charge is 0.444 e. The predicted molar refractivity (Wildman–Crippen MR) is 260 cm³/mol. The molecular formula is C53H66F4N6O8. The predicted octanol–water partition coefficient (Wildman–Crippen LogP) is 6.91. The number of aliphatic hydroxyl groups is 2. The Labute approximate surface area is 413 Å². The first-order valence-corrected chi connectivity index (χ1v) is 23.5. The van der Waals surface area contributed by atoms with Crippen LogP contribution in [-0.2, 0) is 31.9 Å². The van der Waals surface area contributed by atoms with Gasteiger partial charge in [-0.15, -0.1) is 0 Å². The third-order valence-electron chi connectivity index (χ3n) is 11.8. The lowest BCUT2D eigenvalue weighted by Crippen LogP contribution is -2.64. The van der Waals surface area contributed by atoms with Crippen molar-refractivity contribution >= 4 is 29.7 Å². The summed E-state index contributed by atoms with van der Waals surface area (Å²) in [5.74, 6) is -3.35. The molecule has 18 heteroatoms. The van der Waals surface area contributed by atoms with Gasteiger partial charge < -0.3 is 35.2 Å². The fourth-order valence-electron chi connectivity index (χ4n) is 8.42. The molecule has 6 atom stereocenters. The number of carbonyl (C=O) groups is 4. The highest BCUT2D eigenvalue weighted by molar-refractivity contribution is 6.13. The third-order valence-corrected chi connectivity index (χ3v) is 11.8. The maximum atomic E-state index is 14.2. The number of piperazine rings is 2. The van der Waals surface area contributed by atoms with Crippen LogP contribution in [0.3, 0.4) is 0 Å². The van der Waals surface area contributed by atoms with Gasteiger partial charge in [-0.1, -0.05) is 60.7 Å². The van der Waals surface area contributed by atoms with Gasteiger partial charge in [-0.3, -0.25) is 24.4 Å². The Morgan fingerprint density at radius 3 is 1.34 bits per heavy atom. The van der Waals surface area contributed by atoms with Gasteiger partial charge in [0.25, 0.3) is 0 Å². The molecule has 2 fully saturated rings. The molecule has 4 aromatic carbocycles. The summed E-state index contributed by atoms with van der Waals surface area (Å²) in [4.78, 5) is 61.0. The van der Waals surface area contributed by atoms with Crippen LogP contribution in [0.2, 0.25) is 0 Å². The molecule has 0 aliphatic carbocycles. The number of halogens is 4. The molecule has 2 aliphatic rings. The first kappa shape index (κ1) is 55.6. The fraction of sp³-hybridized carbons (Fsp3) is 0.453. The van der Waals surface area contributed by atoms with Crippen LogP contribution in [0.1, 0.15) is 77.6 Å². The highest BCUT2D eigenvalue weighted by Gasteiger charge is 2.42. The number of aliphatic imine (C=N–C) groups is 1. The summed E-state index contributed by atoms with van der Waals surface area (Å²) < 4.78 is 66.4. The maximum absolute atomic E-state index is 14.2. The molecule has 0 aromatic heterocycles. The van der Waals surface area contributed by atoms with Crippen LogP contribution < -0.4 is 5.73 Å². The van der Waals surface area contributed by atoms with Gasteiger partial charge in [0, 0.05) is 82.4 Å². The Morgan fingerprint density at radius 1 is 0.606 bits per heavy atom. The van der Waals surface area contributed by atoms with E-state index in [-0.39, 0.29) is 62.9 Å². The minimum Gasteiger partial charge on any atom is -0.444 e. The molecule has 2 unspecified atom stereocenters. The summed E-state index contributed by atoms with van der Waals surface area (Å²) in [5.41, 5.74) is 7.32. The van der Waals surface area contributed by atoms with Gasteiger partial charge in [0.15, 0.2) is 0 Å². The van der Waals surface area contributed by atoms with Gasteiger partial charge in [-0.25, -0.2) is 27.2 Å². The van der Waals surface area contributed by atoms with Crippen LogP contribution in [0, 0.1) is 23.3 Å². The van der Waals surface area contributed by atoms with Crippen molar-refractivity contribution in [3.8, 4) is 0 Å². The quantitative estimate of drug-likeness (QED) is 0.107. The van der Waals surface area contributed by atoms with Crippen LogP contribution in [0.25, 0.3) is 0 Å². The summed E-state index contributed by atoms with van der Waals surface area (Å²) in [6.45, 7) is 14.3. The third kappa shape index (κ3) is 16.3. The minimum atomic E-state index is -1.33. The van der Waals surface area contributed by atoms with E-state index in [1.165, 1.54) is 40.7 Å². The molecule has 4 aromatic rings. The van der Waals surface area contributed by atoms with E-state index in [0.29, 0.717) is 17.8 Å². The Morgan fingerprint density at radius 2 is 0.972 bits per heavy atom. The Hall–Kier alpha value is -6.37. The second kappa shape index (κ2) is 24.2. The second-order valence-electron chi connectivity index (χ2n) is 19.8. The number of hydrogen-bond donors (Lipinski definition) is 3. The van der Waals surface area contributed by atoms with Crippen molar-refractivity contribution in [2.45, 2.75) is 116 Å². The second-order valence-corrected chi connectivity index (χ2v) is 19.8. The summed E-state index contributed by atoms with van der Waals surface area (Å²) in [6, 6.07) is 21.5. The van der Waals surface area contributed by atoms with Crippen LogP contribution >= 0.6 is 0 Å². The number of benzene rings is 4. The smallest absolute Gasteiger partial charge is 0.410 e. The van der Waals surface area contributed by atoms with Gasteiger partial charge in [-0.05, 0) is 89.8 Å². The summed E-state index contributed by atoms with van der Waals surface area (Å²) in [6.07, 6.45) is -3.84. The van der Waals surface area contributed by atoms with Crippen molar-refractivity contribution in [3.05, 3.63) is 143 Å². The highest BCUT2D eigenvalue weighted by Crippen LogP contribution is 2.26. The lowest BCUT2D eigenvalue weighted by atomic mass is 9.93. The Balaban J connectivity index is 0.000000283. The maximum Gasteiger partial charge on any atom is 0.410 e. The summed E-state index contributed by atoms with van der Waals surface area (Å²) >= 11 is 0. The number of aliphatic hydroxyl groups excluding tert-OH is 2. The zero-order chi connectivity index (χ0) is 52.4. The van der Waals surface area contributed by atoms with Crippen LogP contribution in [0.15, 0.2) is 102 Å². The molecule has 2 heterocycles. The molecule has 0 radical (unpaired) electrons. The van der Waals surface area contributed by atoms with Crippen molar-refractivity contribution in [1.82, 2.24) is 19.6 Å². The van der Waals surface area contributed by atoms with Gasteiger partial charge in [0.2, 0.25) is 11.8 Å². The lowest BCUT2D eigenvalue weighted by molar-refractivity contribution is -0.134. The standard InChI is InChI=1S/C33H37F2N3O4.C20H29F2N3O4/c1-22(39)37-15-16-38(32(41)42-33(2,3)4)29(21-37)31(40)28(19-23-17-26(34)20-27(35)18-23)36-30(24-11-7-5-8-12-24)25-13-9-6-10-14-25;1-12(26)24-5-6-25(19(28)29-20(2,3)4)17(11-24)18(27)16(23)9-13-7-14(21)10-15(22)8-13/h5-14,17-18,20,28-29,31,40H,15-16,19,21H2,1-4H3;7-8,10,16-18,27H,5-6,9,11,23H2,1-4H3/t28?,29-,31+;16?,17-,18+/m11/s1. The number of nitrogens with zero attached hydrogens (tertiary/aromatic N) is 5. The fourth-order valence-corrected chi connectivity index (χ4v) is 8.42. The van der Waals surface area contributed by atoms with Crippen molar-refractivity contribution in [3.63, 3.8) is 0 Å². The SMILES string of the molecule is CC(=O)N1CCN(C(=O)OC(C)(C)C)[C@@H]([C@@H](O)C(Cc2cc(F)cc(F)c2)N=C(c2ccccc2)c2ccccc2)C1.CC(=O)N1CCN(C(=O)OC(C)(C)C)[C@@H]([C@@H](O)C(N)Cc2cc(F)cc(F)c2)C1. The molecule has 0 saturated carbocycles. The van der Waals surface area contributed by atoms with E-state index in [9.17, 15) is 47.0 Å². The van der Waals surface area contributed by atoms with Crippen LogP contribution in [-0.4, -0.2) is 146 Å². The minimum absolute atomic E-state index is 0.00538. The molecular weight excluding hydrogens is 925 g/mol. The van der Waals surface area contributed by atoms with Crippen molar-refractivity contribution in [1.29, 1.82) is 0 Å². The number of amides is 4. The topological polar surface area (TPSA) is 179 Å². The normalized spacial score (nSPS) is 18.0. The molecule has 0 bridgehead atoms. The number of nitrogens with two attached hydrogens (primary N) is 1. The Kier molecular flexibility index (Phi) is 18.9. The van der Waals surface area contributed by atoms with E-state index in [4.69, 9.17) is 20.2 Å². The van der Waals surface area contributed by atoms with Crippen molar-refractivity contribution in [2.24, 2.45) is 10.7 Å². The average molecular weight is 991 g/mol. The molecule has 6 rings (SSSR count). The molecule has 2 saturated heterocycles. The van der Waals surface area contributed by atoms with Gasteiger partial charge in [0.1, 0.15) is 34.5 Å². The van der Waals surface area contributed by atoms with Crippen LogP contribution in [0.5, 0.6) is 0 Å². The number of hydrogen-bond acceptors (Lipinski definition) is 10. The van der Waals surface area contributed by atoms with Crippen molar-refractivity contribution < 1.29 is 56.4 Å². The summed E-state index contributed by atoms with van der Waals surface area (Å²) in [5, 5.41) is 22.9. The molecule has 0 spiro atoms. The van der Waals surface area contributed by atoms with Gasteiger partial charge >= 0.3 is 12.2 Å². The molecule has 4 amide bonds. The molecule has 384 valence electrons. The zero-order valence-corrected chi connectivity index (χ0v) is 41.5. The number of ether oxygens (including phenoxy) is 2. The average Bonchev–Trinajstić information content (AvgIpc) is 3.28. The van der Waals surface area contributed by atoms with Gasteiger partial charge in [-0.2, -0.15) is 0 Å². The van der Waals surface area contributed by atoms with Crippen molar-refractivity contribution in [2.75, 3.05) is 39.3 Å². The zero-order valence-electron chi connectivity index (χ0n) is 41.5. The lowest BCUT2D eigenvalue weighted by Gasteiger charge is -2.44. The Bertz CT molecular complexity index is 2410. The molecule has 14 nitrogen and oxygen atoms in total. The van der Waals surface area contributed by atoms with Crippen LogP contribution in [0.4, 0.5) is 27.2 Å². The van der Waals surface area contributed by atoms with E-state index >= 15 is 0 Å². The van der Waals surface area contributed by atoms with E-state index in [2.05, 4.69) is 0 Å². The number of carbonyl (C=O) groups excluding carboxylic acids is 4. The number of rotatable bonds is 11. The van der Waals surface area contributed by atoms with E-state index in [1.807, 2.05) is 60.7 Å². The molecule has 2 aliphatic heterocycles. The van der Waals surface area contributed by atoms with E-state index < -0.39 is 83.0 Å². The van der Waals surface area contributed by atoms with E-state index in [0.717, 1.165) is 35.4 Å². The first-order valence-electron chi connectivity index (χ1n) is 23.5. The van der Waals surface area contributed by atoms with Gasteiger partial charge in [0.05, 0.1) is 36.0 Å². The van der Waals surface area contributed by atoms with E-state index in [1.54, 1.807) is 46.4 Å².